The molecule has 5 nitrogen and oxygen atoms in total. The van der Waals surface area contributed by atoms with Crippen molar-refractivity contribution in [3.8, 4) is 0 Å². The standard InChI is InChI=1S/C19H18FN3O2S/c1-3-16(17(24)21-13-10-8-12(20)9-11-13)26-19-22-15-7-5-4-6-14(15)18(25)23(19)2/h4-11,16H,3H2,1-2H3,(H,21,24). The summed E-state index contributed by atoms with van der Waals surface area (Å²) in [6.07, 6.45) is 0.556. The molecule has 0 aliphatic rings. The number of nitrogens with zero attached hydrogens (tertiary/aromatic N) is 2. The van der Waals surface area contributed by atoms with Crippen LogP contribution in [0.25, 0.3) is 10.9 Å². The lowest BCUT2D eigenvalue weighted by Gasteiger charge is -2.16. The number of halogens is 1. The molecular formula is C19H18FN3O2S. The fraction of sp³-hybridized carbons (Fsp3) is 0.211. The average Bonchev–Trinajstić information content (AvgIpc) is 2.65. The first-order valence-electron chi connectivity index (χ1n) is 8.18. The van der Waals surface area contributed by atoms with E-state index < -0.39 is 5.25 Å². The van der Waals surface area contributed by atoms with E-state index in [1.807, 2.05) is 13.0 Å². The molecular weight excluding hydrogens is 353 g/mol. The summed E-state index contributed by atoms with van der Waals surface area (Å²) in [6, 6.07) is 12.7. The normalized spacial score (nSPS) is 12.1. The van der Waals surface area contributed by atoms with Crippen molar-refractivity contribution in [3.63, 3.8) is 0 Å². The number of thioether (sulfide) groups is 1. The number of benzene rings is 2. The fourth-order valence-corrected chi connectivity index (χ4v) is 3.49. The minimum Gasteiger partial charge on any atom is -0.325 e. The smallest absolute Gasteiger partial charge is 0.261 e. The Labute approximate surface area is 154 Å². The van der Waals surface area contributed by atoms with Crippen LogP contribution >= 0.6 is 11.8 Å². The first-order valence-corrected chi connectivity index (χ1v) is 9.06. The van der Waals surface area contributed by atoms with Crippen LogP contribution in [0, 0.1) is 5.82 Å². The van der Waals surface area contributed by atoms with Crippen molar-refractivity contribution in [3.05, 3.63) is 64.7 Å². The van der Waals surface area contributed by atoms with Gasteiger partial charge in [-0.05, 0) is 42.8 Å². The predicted molar refractivity (Wildman–Crippen MR) is 102 cm³/mol. The lowest BCUT2D eigenvalue weighted by atomic mass is 10.2. The minimum atomic E-state index is -0.431. The highest BCUT2D eigenvalue weighted by Gasteiger charge is 2.21. The van der Waals surface area contributed by atoms with Gasteiger partial charge in [0.15, 0.2) is 5.16 Å². The van der Waals surface area contributed by atoms with Crippen LogP contribution in [0.2, 0.25) is 0 Å². The molecule has 0 aliphatic carbocycles. The number of aromatic nitrogens is 2. The van der Waals surface area contributed by atoms with E-state index >= 15 is 0 Å². The molecule has 1 unspecified atom stereocenters. The zero-order valence-corrected chi connectivity index (χ0v) is 15.2. The summed E-state index contributed by atoms with van der Waals surface area (Å²) >= 11 is 1.24. The van der Waals surface area contributed by atoms with Crippen molar-refractivity contribution in [2.75, 3.05) is 5.32 Å². The Morgan fingerprint density at radius 2 is 1.92 bits per heavy atom. The van der Waals surface area contributed by atoms with Gasteiger partial charge in [-0.3, -0.25) is 14.2 Å². The molecule has 0 bridgehead atoms. The second kappa shape index (κ2) is 7.70. The summed E-state index contributed by atoms with van der Waals surface area (Å²) in [4.78, 5) is 29.6. The van der Waals surface area contributed by atoms with Crippen LogP contribution in [0.5, 0.6) is 0 Å². The maximum absolute atomic E-state index is 13.0. The van der Waals surface area contributed by atoms with Gasteiger partial charge >= 0.3 is 0 Å². The molecule has 1 amide bonds. The third-order valence-corrected chi connectivity index (χ3v) is 5.37. The van der Waals surface area contributed by atoms with Crippen LogP contribution in [-0.4, -0.2) is 20.7 Å². The monoisotopic (exact) mass is 371 g/mol. The van der Waals surface area contributed by atoms with Crippen molar-refractivity contribution < 1.29 is 9.18 Å². The fourth-order valence-electron chi connectivity index (χ4n) is 2.51. The number of hydrogen-bond acceptors (Lipinski definition) is 4. The van der Waals surface area contributed by atoms with Crippen molar-refractivity contribution in [2.24, 2.45) is 7.05 Å². The Hall–Kier alpha value is -2.67. The minimum absolute atomic E-state index is 0.146. The number of amides is 1. The predicted octanol–water partition coefficient (Wildman–Crippen LogP) is 3.58. The van der Waals surface area contributed by atoms with E-state index in [9.17, 15) is 14.0 Å². The molecule has 1 N–H and O–H groups in total. The van der Waals surface area contributed by atoms with Gasteiger partial charge in [0.25, 0.3) is 5.56 Å². The van der Waals surface area contributed by atoms with Gasteiger partial charge in [-0.15, -0.1) is 0 Å². The number of fused-ring (bicyclic) bond motifs is 1. The maximum Gasteiger partial charge on any atom is 0.261 e. The van der Waals surface area contributed by atoms with Crippen molar-refractivity contribution in [2.45, 2.75) is 23.8 Å². The van der Waals surface area contributed by atoms with Crippen molar-refractivity contribution >= 4 is 34.3 Å². The van der Waals surface area contributed by atoms with Crippen LogP contribution in [0.1, 0.15) is 13.3 Å². The Morgan fingerprint density at radius 1 is 1.23 bits per heavy atom. The van der Waals surface area contributed by atoms with Crippen molar-refractivity contribution in [1.82, 2.24) is 9.55 Å². The highest BCUT2D eigenvalue weighted by molar-refractivity contribution is 8.00. The van der Waals surface area contributed by atoms with E-state index in [1.165, 1.54) is 40.6 Å². The molecule has 0 saturated carbocycles. The van der Waals surface area contributed by atoms with Crippen LogP contribution in [-0.2, 0) is 11.8 Å². The van der Waals surface area contributed by atoms with Gasteiger partial charge in [-0.1, -0.05) is 30.8 Å². The number of carbonyl (C=O) groups is 1. The zero-order chi connectivity index (χ0) is 18.7. The molecule has 3 rings (SSSR count). The highest BCUT2D eigenvalue weighted by Crippen LogP contribution is 2.25. The van der Waals surface area contributed by atoms with Crippen molar-refractivity contribution in [1.29, 1.82) is 0 Å². The first-order chi connectivity index (χ1) is 12.5. The van der Waals surface area contributed by atoms with Gasteiger partial charge in [0.05, 0.1) is 16.2 Å². The molecule has 1 aromatic heterocycles. The van der Waals surface area contributed by atoms with E-state index in [0.29, 0.717) is 28.2 Å². The quantitative estimate of drug-likeness (QED) is 0.550. The largest absolute Gasteiger partial charge is 0.325 e. The molecule has 7 heteroatoms. The topological polar surface area (TPSA) is 64.0 Å². The van der Waals surface area contributed by atoms with E-state index in [-0.39, 0.29) is 17.3 Å². The Balaban J connectivity index is 1.84. The van der Waals surface area contributed by atoms with Gasteiger partial charge in [0, 0.05) is 12.7 Å². The Bertz CT molecular complexity index is 1000. The molecule has 1 heterocycles. The lowest BCUT2D eigenvalue weighted by molar-refractivity contribution is -0.115. The van der Waals surface area contributed by atoms with Gasteiger partial charge in [0.1, 0.15) is 5.82 Å². The molecule has 0 aliphatic heterocycles. The van der Waals surface area contributed by atoms with Gasteiger partial charge in [0.2, 0.25) is 5.91 Å². The molecule has 0 radical (unpaired) electrons. The molecule has 0 spiro atoms. The summed E-state index contributed by atoms with van der Waals surface area (Å²) in [5.41, 5.74) is 0.981. The number of rotatable bonds is 5. The summed E-state index contributed by atoms with van der Waals surface area (Å²) in [6.45, 7) is 1.89. The first kappa shape index (κ1) is 18.1. The summed E-state index contributed by atoms with van der Waals surface area (Å²) in [7, 11) is 1.65. The molecule has 134 valence electrons. The van der Waals surface area contributed by atoms with E-state index in [0.717, 1.165) is 0 Å². The van der Waals surface area contributed by atoms with Crippen LogP contribution in [0.15, 0.2) is 58.5 Å². The number of para-hydroxylation sites is 1. The SMILES string of the molecule is CCC(Sc1nc2ccccc2c(=O)n1C)C(=O)Nc1ccc(F)cc1. The molecule has 2 aromatic carbocycles. The lowest BCUT2D eigenvalue weighted by Crippen LogP contribution is -2.27. The summed E-state index contributed by atoms with van der Waals surface area (Å²) < 4.78 is 14.4. The van der Waals surface area contributed by atoms with Crippen LogP contribution < -0.4 is 10.9 Å². The Kier molecular flexibility index (Phi) is 5.37. The Morgan fingerprint density at radius 3 is 2.62 bits per heavy atom. The number of carbonyl (C=O) groups excluding carboxylic acids is 1. The molecule has 0 fully saturated rings. The van der Waals surface area contributed by atoms with E-state index in [2.05, 4.69) is 10.3 Å². The number of nitrogens with one attached hydrogen (secondary N) is 1. The molecule has 26 heavy (non-hydrogen) atoms. The molecule has 3 aromatic rings. The third kappa shape index (κ3) is 3.77. The van der Waals surface area contributed by atoms with E-state index in [1.54, 1.807) is 25.2 Å². The van der Waals surface area contributed by atoms with Gasteiger partial charge in [-0.25, -0.2) is 9.37 Å². The average molecular weight is 371 g/mol. The summed E-state index contributed by atoms with van der Waals surface area (Å²) in [5, 5.41) is 3.36. The number of hydrogen-bond donors (Lipinski definition) is 1. The highest BCUT2D eigenvalue weighted by atomic mass is 32.2. The zero-order valence-electron chi connectivity index (χ0n) is 14.4. The second-order valence-corrected chi connectivity index (χ2v) is 6.96. The second-order valence-electron chi connectivity index (χ2n) is 5.79. The van der Waals surface area contributed by atoms with E-state index in [4.69, 9.17) is 0 Å². The number of anilines is 1. The summed E-state index contributed by atoms with van der Waals surface area (Å²) in [5.74, 6) is -0.578. The molecule has 0 saturated heterocycles. The van der Waals surface area contributed by atoms with Crippen LogP contribution in [0.3, 0.4) is 0 Å². The van der Waals surface area contributed by atoms with Gasteiger partial charge < -0.3 is 5.32 Å². The third-order valence-electron chi connectivity index (χ3n) is 3.96. The van der Waals surface area contributed by atoms with Gasteiger partial charge in [-0.2, -0.15) is 0 Å². The maximum atomic E-state index is 13.0. The van der Waals surface area contributed by atoms with Crippen LogP contribution in [0.4, 0.5) is 10.1 Å². The molecule has 1 atom stereocenters.